The average Bonchev–Trinajstić information content (AvgIpc) is 3.23. The highest BCUT2D eigenvalue weighted by Gasteiger charge is 2.26. The Bertz CT molecular complexity index is 1240. The average molecular weight is 501 g/mol. The number of aryl methyl sites for hydroxylation is 1. The van der Waals surface area contributed by atoms with Gasteiger partial charge in [0.05, 0.1) is 37.9 Å². The number of rotatable bonds is 8. The Morgan fingerprint density at radius 1 is 1.20 bits per heavy atom. The summed E-state index contributed by atoms with van der Waals surface area (Å²) in [5.41, 5.74) is 5.76. The molecule has 0 amide bonds. The van der Waals surface area contributed by atoms with Crippen molar-refractivity contribution in [3.8, 4) is 16.9 Å². The minimum absolute atomic E-state index is 0.150. The summed E-state index contributed by atoms with van der Waals surface area (Å²) in [6, 6.07) is 8.14. The van der Waals surface area contributed by atoms with Crippen LogP contribution in [-0.4, -0.2) is 47.5 Å². The fourth-order valence-corrected chi connectivity index (χ4v) is 4.88. The Morgan fingerprint density at radius 3 is 2.74 bits per heavy atom. The molecule has 0 unspecified atom stereocenters. The number of carboxylic acid groups (broad SMARTS) is 1. The fourth-order valence-electron chi connectivity index (χ4n) is 4.11. The first-order valence-corrected chi connectivity index (χ1v) is 11.9. The van der Waals surface area contributed by atoms with Crippen LogP contribution in [0.4, 0.5) is 9.18 Å². The van der Waals surface area contributed by atoms with Crippen LogP contribution in [0, 0.1) is 12.7 Å². The Morgan fingerprint density at radius 2 is 2.03 bits per heavy atom. The third-order valence-electron chi connectivity index (χ3n) is 5.83. The molecule has 1 aliphatic rings. The Kier molecular flexibility index (Phi) is 7.62. The first-order valence-electron chi connectivity index (χ1n) is 11.0. The van der Waals surface area contributed by atoms with E-state index in [1.54, 1.807) is 29.8 Å². The summed E-state index contributed by atoms with van der Waals surface area (Å²) in [5.74, 6) is -0.763. The van der Waals surface area contributed by atoms with Crippen LogP contribution in [0.1, 0.15) is 27.3 Å². The van der Waals surface area contributed by atoms with Crippen LogP contribution in [0.15, 0.2) is 35.8 Å². The number of fused-ring (bicyclic) bond motifs is 1. The van der Waals surface area contributed by atoms with Crippen LogP contribution < -0.4 is 4.74 Å². The third-order valence-corrected chi connectivity index (χ3v) is 6.82. The van der Waals surface area contributed by atoms with Crippen molar-refractivity contribution < 1.29 is 33.4 Å². The van der Waals surface area contributed by atoms with Crippen molar-refractivity contribution in [3.63, 3.8) is 0 Å². The number of aromatic nitrogens is 1. The second-order valence-corrected chi connectivity index (χ2v) is 9.01. The number of hydrogen-bond acceptors (Lipinski definition) is 8. The van der Waals surface area contributed by atoms with Crippen molar-refractivity contribution in [2.75, 3.05) is 20.3 Å². The number of aliphatic carboxylic acids is 1. The van der Waals surface area contributed by atoms with E-state index in [1.165, 1.54) is 29.6 Å². The number of hydrogen-bond donors (Lipinski definition) is 1. The van der Waals surface area contributed by atoms with Gasteiger partial charge in [-0.1, -0.05) is 12.1 Å². The predicted octanol–water partition coefficient (Wildman–Crippen LogP) is 4.56. The lowest BCUT2D eigenvalue weighted by molar-refractivity contribution is -0.137. The van der Waals surface area contributed by atoms with E-state index in [4.69, 9.17) is 14.3 Å². The van der Waals surface area contributed by atoms with Gasteiger partial charge in [0.1, 0.15) is 11.6 Å². The molecule has 0 aliphatic carbocycles. The molecule has 4 rings (SSSR count). The zero-order valence-electron chi connectivity index (χ0n) is 19.4. The number of carboxylic acids is 1. The van der Waals surface area contributed by atoms with Gasteiger partial charge in [0.15, 0.2) is 0 Å². The molecule has 8 nitrogen and oxygen atoms in total. The van der Waals surface area contributed by atoms with Crippen LogP contribution in [-0.2, 0) is 40.2 Å². The highest BCUT2D eigenvalue weighted by Crippen LogP contribution is 2.37. The van der Waals surface area contributed by atoms with Crippen LogP contribution in [0.3, 0.4) is 0 Å². The van der Waals surface area contributed by atoms with E-state index in [9.17, 15) is 19.1 Å². The SMILES string of the molecule is COc1ccc(CC(=O)O)cc1-c1ccc(F)c2c1CN(OC(=O)OCCc1scnc1C)CC2. The zero-order chi connectivity index (χ0) is 24.9. The van der Waals surface area contributed by atoms with Gasteiger partial charge in [-0.3, -0.25) is 4.79 Å². The summed E-state index contributed by atoms with van der Waals surface area (Å²) in [6.07, 6.45) is -0.0900. The molecule has 0 saturated heterocycles. The maximum Gasteiger partial charge on any atom is 0.527 e. The predicted molar refractivity (Wildman–Crippen MR) is 127 cm³/mol. The molecule has 2 heterocycles. The zero-order valence-corrected chi connectivity index (χ0v) is 20.2. The molecule has 0 radical (unpaired) electrons. The van der Waals surface area contributed by atoms with Crippen LogP contribution in [0.25, 0.3) is 11.1 Å². The molecule has 1 aliphatic heterocycles. The van der Waals surface area contributed by atoms with E-state index < -0.39 is 12.1 Å². The van der Waals surface area contributed by atoms with Gasteiger partial charge >= 0.3 is 12.1 Å². The molecule has 0 fully saturated rings. The molecule has 1 aromatic heterocycles. The normalized spacial score (nSPS) is 13.2. The monoisotopic (exact) mass is 500 g/mol. The van der Waals surface area contributed by atoms with Crippen LogP contribution in [0.5, 0.6) is 5.75 Å². The van der Waals surface area contributed by atoms with Crippen molar-refractivity contribution in [1.82, 2.24) is 10.0 Å². The molecule has 0 bridgehead atoms. The molecular weight excluding hydrogens is 475 g/mol. The van der Waals surface area contributed by atoms with Crippen molar-refractivity contribution in [2.24, 2.45) is 0 Å². The Balaban J connectivity index is 1.51. The number of thiazole rings is 1. The van der Waals surface area contributed by atoms with E-state index in [-0.39, 0.29) is 25.4 Å². The topological polar surface area (TPSA) is 98.2 Å². The number of carbonyl (C=O) groups excluding carboxylic acids is 1. The summed E-state index contributed by atoms with van der Waals surface area (Å²) in [7, 11) is 1.52. The highest BCUT2D eigenvalue weighted by molar-refractivity contribution is 7.09. The van der Waals surface area contributed by atoms with E-state index in [0.29, 0.717) is 53.0 Å². The van der Waals surface area contributed by atoms with Gasteiger partial charge in [0.25, 0.3) is 0 Å². The van der Waals surface area contributed by atoms with Gasteiger partial charge in [-0.25, -0.2) is 14.2 Å². The minimum Gasteiger partial charge on any atom is -0.496 e. The molecule has 35 heavy (non-hydrogen) atoms. The number of nitrogens with zero attached hydrogens (tertiary/aromatic N) is 2. The fraction of sp³-hybridized carbons (Fsp3) is 0.320. The minimum atomic E-state index is -0.953. The van der Waals surface area contributed by atoms with Crippen molar-refractivity contribution in [3.05, 3.63) is 68.9 Å². The molecule has 10 heteroatoms. The van der Waals surface area contributed by atoms with Crippen molar-refractivity contribution >= 4 is 23.5 Å². The number of ether oxygens (including phenoxy) is 2. The molecular formula is C25H25FN2O6S. The number of hydroxylamine groups is 2. The second-order valence-electron chi connectivity index (χ2n) is 8.07. The lowest BCUT2D eigenvalue weighted by Gasteiger charge is -2.29. The lowest BCUT2D eigenvalue weighted by atomic mass is 9.90. The van der Waals surface area contributed by atoms with Crippen LogP contribution in [0.2, 0.25) is 0 Å². The molecule has 0 saturated carbocycles. The molecule has 184 valence electrons. The molecule has 0 atom stereocenters. The summed E-state index contributed by atoms with van der Waals surface area (Å²) >= 11 is 1.51. The highest BCUT2D eigenvalue weighted by atomic mass is 32.1. The Hall–Kier alpha value is -3.50. The van der Waals surface area contributed by atoms with Gasteiger partial charge < -0.3 is 19.4 Å². The smallest absolute Gasteiger partial charge is 0.496 e. The van der Waals surface area contributed by atoms with Gasteiger partial charge in [-0.05, 0) is 53.8 Å². The first kappa shape index (κ1) is 24.6. The summed E-state index contributed by atoms with van der Waals surface area (Å²) in [5, 5.41) is 10.6. The quantitative estimate of drug-likeness (QED) is 0.450. The van der Waals surface area contributed by atoms with E-state index >= 15 is 0 Å². The standard InChI is InChI=1S/C25H25FN2O6S/c1-15-23(35-14-27-15)8-10-33-25(31)34-28-9-7-18-20(13-28)17(4-5-21(18)26)19-11-16(12-24(29)30)3-6-22(19)32-2/h3-6,11,14H,7-10,12-13H2,1-2H3,(H,29,30). The van der Waals surface area contributed by atoms with Gasteiger partial charge in [-0.2, -0.15) is 0 Å². The van der Waals surface area contributed by atoms with Gasteiger partial charge in [0.2, 0.25) is 0 Å². The first-order chi connectivity index (χ1) is 16.9. The largest absolute Gasteiger partial charge is 0.527 e. The summed E-state index contributed by atoms with van der Waals surface area (Å²) in [6.45, 7) is 2.53. The Labute approximate surface area is 205 Å². The number of methoxy groups -OCH3 is 1. The van der Waals surface area contributed by atoms with Gasteiger partial charge in [0, 0.05) is 23.4 Å². The number of carbonyl (C=O) groups is 2. The van der Waals surface area contributed by atoms with Crippen molar-refractivity contribution in [1.29, 1.82) is 0 Å². The summed E-state index contributed by atoms with van der Waals surface area (Å²) in [4.78, 5) is 34.1. The maximum atomic E-state index is 14.7. The molecule has 2 aromatic carbocycles. The second kappa shape index (κ2) is 10.8. The van der Waals surface area contributed by atoms with E-state index in [1.807, 2.05) is 6.92 Å². The number of halogens is 1. The van der Waals surface area contributed by atoms with Crippen molar-refractivity contribution in [2.45, 2.75) is 32.7 Å². The molecule has 1 N–H and O–H groups in total. The summed E-state index contributed by atoms with van der Waals surface area (Å²) < 4.78 is 25.4. The van der Waals surface area contributed by atoms with Crippen LogP contribution >= 0.6 is 11.3 Å². The van der Waals surface area contributed by atoms with E-state index in [0.717, 1.165) is 10.6 Å². The maximum absolute atomic E-state index is 14.7. The van der Waals surface area contributed by atoms with E-state index in [2.05, 4.69) is 4.98 Å². The third kappa shape index (κ3) is 5.77. The lowest BCUT2D eigenvalue weighted by Crippen LogP contribution is -2.34. The molecule has 3 aromatic rings. The number of benzene rings is 2. The molecule has 0 spiro atoms. The van der Waals surface area contributed by atoms with Gasteiger partial charge in [-0.15, -0.1) is 16.4 Å².